The first-order valence-electron chi connectivity index (χ1n) is 8.95. The maximum Gasteiger partial charge on any atom is 0.231 e. The summed E-state index contributed by atoms with van der Waals surface area (Å²) in [4.78, 5) is 15.1. The number of nitrogens with zero attached hydrogens (tertiary/aromatic N) is 1. The van der Waals surface area contributed by atoms with Crippen LogP contribution in [0.3, 0.4) is 0 Å². The van der Waals surface area contributed by atoms with Gasteiger partial charge in [0, 0.05) is 24.7 Å². The summed E-state index contributed by atoms with van der Waals surface area (Å²) in [6.07, 6.45) is 2.42. The topological polar surface area (TPSA) is 57.2 Å². The molecule has 0 atom stereocenters. The molecule has 2 aliphatic rings. The minimum Gasteiger partial charge on any atom is -0.494 e. The molecule has 152 valence electrons. The van der Waals surface area contributed by atoms with Crippen LogP contribution in [0.15, 0.2) is 28.4 Å². The van der Waals surface area contributed by atoms with E-state index in [1.54, 1.807) is 19.3 Å². The van der Waals surface area contributed by atoms with Gasteiger partial charge in [0.1, 0.15) is 0 Å². The van der Waals surface area contributed by atoms with Crippen LogP contribution in [0.25, 0.3) is 6.08 Å². The Morgan fingerprint density at radius 2 is 1.97 bits per heavy atom. The van der Waals surface area contributed by atoms with Crippen LogP contribution in [0, 0.1) is 5.82 Å². The predicted octanol–water partition coefficient (Wildman–Crippen LogP) is 4.05. The van der Waals surface area contributed by atoms with Gasteiger partial charge in [-0.15, -0.1) is 0 Å². The summed E-state index contributed by atoms with van der Waals surface area (Å²) in [7, 11) is 4.76. The number of methoxy groups -OCH3 is 2. The number of likely N-dealkylation sites (N-methyl/N-ethyl adjacent to an activating group) is 1. The van der Waals surface area contributed by atoms with Gasteiger partial charge in [0.2, 0.25) is 18.3 Å². The molecular weight excluding hydrogens is 445 g/mol. The molecule has 2 heterocycles. The Labute approximate surface area is 175 Å². The Bertz CT molecular complexity index is 1040. The van der Waals surface area contributed by atoms with Crippen molar-refractivity contribution in [2.24, 2.45) is 0 Å². The van der Waals surface area contributed by atoms with Crippen LogP contribution >= 0.6 is 15.9 Å². The van der Waals surface area contributed by atoms with Crippen molar-refractivity contribution in [2.75, 3.05) is 34.6 Å². The molecule has 4 rings (SSSR count). The monoisotopic (exact) mass is 463 g/mol. The summed E-state index contributed by atoms with van der Waals surface area (Å²) >= 11 is 3.61. The van der Waals surface area contributed by atoms with E-state index in [0.29, 0.717) is 35.9 Å². The van der Waals surface area contributed by atoms with E-state index in [1.165, 1.54) is 19.2 Å². The van der Waals surface area contributed by atoms with Gasteiger partial charge in [0.05, 0.1) is 24.4 Å². The number of carbonyl (C=O) groups excluding carboxylic acids is 1. The van der Waals surface area contributed by atoms with E-state index in [2.05, 4.69) is 15.9 Å². The van der Waals surface area contributed by atoms with Crippen LogP contribution in [0.5, 0.6) is 23.0 Å². The molecule has 8 heteroatoms. The highest BCUT2D eigenvalue weighted by Gasteiger charge is 2.31. The Morgan fingerprint density at radius 1 is 1.21 bits per heavy atom. The molecule has 0 saturated carbocycles. The lowest BCUT2D eigenvalue weighted by Crippen LogP contribution is -2.24. The van der Waals surface area contributed by atoms with Crippen molar-refractivity contribution in [3.8, 4) is 23.0 Å². The molecule has 0 saturated heterocycles. The van der Waals surface area contributed by atoms with E-state index in [0.717, 1.165) is 15.6 Å². The highest BCUT2D eigenvalue weighted by Crippen LogP contribution is 2.51. The van der Waals surface area contributed by atoms with Crippen LogP contribution < -0.4 is 18.9 Å². The molecule has 2 aliphatic heterocycles. The number of halogens is 2. The minimum absolute atomic E-state index is 0.0911. The maximum absolute atomic E-state index is 14.1. The lowest BCUT2D eigenvalue weighted by molar-refractivity contribution is 0.100. The third kappa shape index (κ3) is 3.21. The summed E-state index contributed by atoms with van der Waals surface area (Å²) in [5.74, 6) is 0.826. The standard InChI is InChI=1S/C21H19BrFNO5/c1-24-7-6-12-13(19(27-3)21-20(17(12)22)28-10-29-21)9-15(24)18(25)11-4-5-16(26-2)14(23)8-11/h4-5,8-9H,6-7,10H2,1-3H3. The van der Waals surface area contributed by atoms with E-state index in [4.69, 9.17) is 18.9 Å². The van der Waals surface area contributed by atoms with Crippen molar-refractivity contribution in [3.05, 3.63) is 50.9 Å². The Balaban J connectivity index is 1.85. The molecule has 2 aromatic rings. The molecule has 0 N–H and O–H groups in total. The number of ether oxygens (including phenoxy) is 4. The number of Topliss-reactive ketones (excluding diaryl/α,β-unsaturated/α-hetero) is 1. The molecule has 0 bridgehead atoms. The number of allylic oxidation sites excluding steroid dienone is 1. The van der Waals surface area contributed by atoms with Crippen molar-refractivity contribution in [3.63, 3.8) is 0 Å². The van der Waals surface area contributed by atoms with Gasteiger partial charge in [0.15, 0.2) is 23.1 Å². The van der Waals surface area contributed by atoms with Crippen molar-refractivity contribution in [1.82, 2.24) is 4.90 Å². The smallest absolute Gasteiger partial charge is 0.231 e. The van der Waals surface area contributed by atoms with Crippen LogP contribution in [0.1, 0.15) is 21.5 Å². The fraction of sp³-hybridized carbons (Fsp3) is 0.286. The van der Waals surface area contributed by atoms with E-state index in [1.807, 2.05) is 11.9 Å². The summed E-state index contributed by atoms with van der Waals surface area (Å²) in [5.41, 5.74) is 2.37. The number of hydrogen-bond acceptors (Lipinski definition) is 6. The molecule has 0 unspecified atom stereocenters. The second-order valence-electron chi connectivity index (χ2n) is 6.68. The van der Waals surface area contributed by atoms with E-state index < -0.39 is 5.82 Å². The second kappa shape index (κ2) is 7.59. The van der Waals surface area contributed by atoms with E-state index >= 15 is 0 Å². The quantitative estimate of drug-likeness (QED) is 0.637. The molecule has 0 aromatic heterocycles. The number of carbonyl (C=O) groups is 1. The van der Waals surface area contributed by atoms with Gasteiger partial charge >= 0.3 is 0 Å². The Morgan fingerprint density at radius 3 is 2.66 bits per heavy atom. The molecule has 0 radical (unpaired) electrons. The first-order valence-corrected chi connectivity index (χ1v) is 9.74. The fourth-order valence-corrected chi connectivity index (χ4v) is 4.27. The fourth-order valence-electron chi connectivity index (χ4n) is 3.57. The third-order valence-corrected chi connectivity index (χ3v) is 5.93. The van der Waals surface area contributed by atoms with E-state index in [9.17, 15) is 9.18 Å². The first-order chi connectivity index (χ1) is 14.0. The zero-order valence-electron chi connectivity index (χ0n) is 16.2. The molecule has 29 heavy (non-hydrogen) atoms. The van der Waals surface area contributed by atoms with Crippen molar-refractivity contribution in [1.29, 1.82) is 0 Å². The largest absolute Gasteiger partial charge is 0.494 e. The van der Waals surface area contributed by atoms with Gasteiger partial charge in [0.25, 0.3) is 0 Å². The van der Waals surface area contributed by atoms with Gasteiger partial charge in [-0.2, -0.15) is 0 Å². The highest BCUT2D eigenvalue weighted by atomic mass is 79.9. The van der Waals surface area contributed by atoms with Gasteiger partial charge in [-0.3, -0.25) is 4.79 Å². The van der Waals surface area contributed by atoms with Gasteiger partial charge in [-0.05, 0) is 52.2 Å². The highest BCUT2D eigenvalue weighted by molar-refractivity contribution is 9.10. The summed E-state index contributed by atoms with van der Waals surface area (Å²) in [6.45, 7) is 0.693. The van der Waals surface area contributed by atoms with Crippen molar-refractivity contribution < 1.29 is 28.1 Å². The zero-order chi connectivity index (χ0) is 20.7. The summed E-state index contributed by atoms with van der Waals surface area (Å²) in [5, 5.41) is 0. The SMILES string of the molecule is COc1ccc(C(=O)C2=Cc3c(c(Br)c4c(c3OC)OCO4)CCN2C)cc1F. The number of ketones is 1. The maximum atomic E-state index is 14.1. The second-order valence-corrected chi connectivity index (χ2v) is 7.48. The van der Waals surface area contributed by atoms with Gasteiger partial charge < -0.3 is 23.8 Å². The molecule has 2 aromatic carbocycles. The lowest BCUT2D eigenvalue weighted by Gasteiger charge is -2.20. The molecule has 6 nitrogen and oxygen atoms in total. The van der Waals surface area contributed by atoms with Gasteiger partial charge in [-0.1, -0.05) is 0 Å². The molecule has 0 spiro atoms. The molecule has 0 aliphatic carbocycles. The van der Waals surface area contributed by atoms with Crippen molar-refractivity contribution in [2.45, 2.75) is 6.42 Å². The average molecular weight is 464 g/mol. The van der Waals surface area contributed by atoms with Gasteiger partial charge in [-0.25, -0.2) is 4.39 Å². The minimum atomic E-state index is -0.584. The number of hydrogen-bond donors (Lipinski definition) is 0. The van der Waals surface area contributed by atoms with Crippen LogP contribution in [-0.2, 0) is 6.42 Å². The molecule has 0 amide bonds. The van der Waals surface area contributed by atoms with Crippen LogP contribution in [0.4, 0.5) is 4.39 Å². The average Bonchev–Trinajstić information content (AvgIpc) is 3.14. The Kier molecular flexibility index (Phi) is 5.12. The Hall–Kier alpha value is -2.74. The van der Waals surface area contributed by atoms with Crippen LogP contribution in [-0.4, -0.2) is 45.3 Å². The molecule has 0 fully saturated rings. The number of fused-ring (bicyclic) bond motifs is 2. The summed E-state index contributed by atoms with van der Waals surface area (Å²) in [6, 6.07) is 4.19. The summed E-state index contributed by atoms with van der Waals surface area (Å²) < 4.78 is 36.7. The van der Waals surface area contributed by atoms with Crippen LogP contribution in [0.2, 0.25) is 0 Å². The normalized spacial score (nSPS) is 14.8. The molecular formula is C21H19BrFNO5. The lowest BCUT2D eigenvalue weighted by atomic mass is 10.0. The number of benzene rings is 2. The number of rotatable bonds is 4. The zero-order valence-corrected chi connectivity index (χ0v) is 17.8. The first kappa shape index (κ1) is 19.6. The predicted molar refractivity (Wildman–Crippen MR) is 108 cm³/mol. The van der Waals surface area contributed by atoms with Crippen molar-refractivity contribution >= 4 is 27.8 Å². The van der Waals surface area contributed by atoms with E-state index in [-0.39, 0.29) is 23.9 Å². The third-order valence-electron chi connectivity index (χ3n) is 5.09.